The van der Waals surface area contributed by atoms with Gasteiger partial charge >= 0.3 is 6.09 Å². The van der Waals surface area contributed by atoms with Gasteiger partial charge in [-0.25, -0.2) is 4.79 Å². The molecule has 0 heterocycles. The second-order valence-electron chi connectivity index (χ2n) is 4.85. The van der Waals surface area contributed by atoms with Crippen molar-refractivity contribution in [2.24, 2.45) is 0 Å². The Kier molecular flexibility index (Phi) is 11.0. The lowest BCUT2D eigenvalue weighted by Crippen LogP contribution is -2.39. The fourth-order valence-corrected chi connectivity index (χ4v) is 1.93. The van der Waals surface area contributed by atoms with E-state index in [1.807, 2.05) is 0 Å². The average Bonchev–Trinajstić information content (AvgIpc) is 2.39. The number of nitrogens with zero attached hydrogens (tertiary/aromatic N) is 1. The predicted molar refractivity (Wildman–Crippen MR) is 76.3 cm³/mol. The molecular formula is C14H28N2O3. The smallest absolute Gasteiger partial charge is 0.407 e. The van der Waals surface area contributed by atoms with Crippen LogP contribution in [0.1, 0.15) is 58.3 Å². The Morgan fingerprint density at radius 3 is 2.00 bits per heavy atom. The van der Waals surface area contributed by atoms with E-state index in [1.165, 1.54) is 44.1 Å². The quantitative estimate of drug-likeness (QED) is 0.568. The fraction of sp³-hybridized carbons (Fsp3) is 0.857. The van der Waals surface area contributed by atoms with Crippen LogP contribution >= 0.6 is 0 Å². The Bertz CT molecular complexity index is 257. The molecule has 5 nitrogen and oxygen atoms in total. The number of carbonyl (C=O) groups is 2. The van der Waals surface area contributed by atoms with Gasteiger partial charge in [0.1, 0.15) is 6.54 Å². The molecule has 0 aromatic rings. The highest BCUT2D eigenvalue weighted by atomic mass is 16.4. The summed E-state index contributed by atoms with van der Waals surface area (Å²) in [6.45, 7) is 2.58. The minimum Gasteiger partial charge on any atom is -0.465 e. The number of rotatable bonds is 11. The van der Waals surface area contributed by atoms with Crippen molar-refractivity contribution in [3.8, 4) is 0 Å². The number of amides is 2. The molecular weight excluding hydrogens is 244 g/mol. The van der Waals surface area contributed by atoms with Gasteiger partial charge in [0, 0.05) is 13.6 Å². The summed E-state index contributed by atoms with van der Waals surface area (Å²) in [5.74, 6) is -0.262. The first kappa shape index (κ1) is 17.7. The van der Waals surface area contributed by atoms with Crippen LogP contribution in [0, 0.1) is 0 Å². The molecule has 0 saturated carbocycles. The number of hydrogen-bond donors (Lipinski definition) is 2. The van der Waals surface area contributed by atoms with E-state index in [1.54, 1.807) is 0 Å². The third-order valence-corrected chi connectivity index (χ3v) is 3.17. The summed E-state index contributed by atoms with van der Waals surface area (Å²) in [7, 11) is 1.51. The first-order valence-corrected chi connectivity index (χ1v) is 7.30. The van der Waals surface area contributed by atoms with Crippen LogP contribution in [0.15, 0.2) is 0 Å². The van der Waals surface area contributed by atoms with Gasteiger partial charge in [0.15, 0.2) is 0 Å². The lowest BCUT2D eigenvalue weighted by molar-refractivity contribution is -0.121. The van der Waals surface area contributed by atoms with E-state index in [4.69, 9.17) is 5.11 Å². The van der Waals surface area contributed by atoms with E-state index in [9.17, 15) is 9.59 Å². The first-order chi connectivity index (χ1) is 9.11. The van der Waals surface area contributed by atoms with Crippen LogP contribution in [0.5, 0.6) is 0 Å². The summed E-state index contributed by atoms with van der Waals surface area (Å²) in [6.07, 6.45) is 8.35. The highest BCUT2D eigenvalue weighted by Gasteiger charge is 2.14. The second kappa shape index (κ2) is 11.8. The number of nitrogens with one attached hydrogen (secondary N) is 1. The summed E-state index contributed by atoms with van der Waals surface area (Å²) in [4.78, 5) is 23.3. The number of carbonyl (C=O) groups excluding carboxylic acids is 1. The molecule has 0 aliphatic carbocycles. The highest BCUT2D eigenvalue weighted by Crippen LogP contribution is 2.08. The largest absolute Gasteiger partial charge is 0.465 e. The molecule has 0 atom stereocenters. The summed E-state index contributed by atoms with van der Waals surface area (Å²) >= 11 is 0. The molecule has 0 aliphatic rings. The molecule has 2 amide bonds. The van der Waals surface area contributed by atoms with Crippen LogP contribution in [-0.4, -0.2) is 42.1 Å². The Hall–Kier alpha value is -1.26. The van der Waals surface area contributed by atoms with Crippen molar-refractivity contribution in [1.29, 1.82) is 0 Å². The molecule has 0 bridgehead atoms. The Labute approximate surface area is 116 Å². The Morgan fingerprint density at radius 2 is 1.53 bits per heavy atom. The molecule has 0 spiro atoms. The van der Waals surface area contributed by atoms with E-state index in [0.29, 0.717) is 6.54 Å². The molecule has 0 saturated heterocycles. The minimum atomic E-state index is -1.02. The van der Waals surface area contributed by atoms with Crippen LogP contribution in [0.4, 0.5) is 4.79 Å². The van der Waals surface area contributed by atoms with Crippen LogP contribution < -0.4 is 5.32 Å². The van der Waals surface area contributed by atoms with Gasteiger partial charge in [-0.3, -0.25) is 9.69 Å². The standard InChI is InChI=1S/C14H28N2O3/c1-3-4-5-6-7-8-9-10-11-16(14(18)19)12-13(17)15-2/h3-12H2,1-2H3,(H,15,17)(H,18,19). The first-order valence-electron chi connectivity index (χ1n) is 7.30. The van der Waals surface area contributed by atoms with Crippen LogP contribution in [0.3, 0.4) is 0 Å². The molecule has 112 valence electrons. The Balaban J connectivity index is 3.59. The minimum absolute atomic E-state index is 0.0671. The van der Waals surface area contributed by atoms with Crippen molar-refractivity contribution in [3.63, 3.8) is 0 Å². The normalized spacial score (nSPS) is 10.2. The summed E-state index contributed by atoms with van der Waals surface area (Å²) in [6, 6.07) is 0. The van der Waals surface area contributed by atoms with E-state index in [-0.39, 0.29) is 12.5 Å². The number of hydrogen-bond acceptors (Lipinski definition) is 2. The zero-order valence-corrected chi connectivity index (χ0v) is 12.3. The van der Waals surface area contributed by atoms with E-state index in [0.717, 1.165) is 19.3 Å². The van der Waals surface area contributed by atoms with Crippen molar-refractivity contribution in [2.75, 3.05) is 20.1 Å². The zero-order valence-electron chi connectivity index (χ0n) is 12.3. The van der Waals surface area contributed by atoms with E-state index < -0.39 is 6.09 Å². The maximum Gasteiger partial charge on any atom is 0.407 e. The molecule has 0 aliphatic heterocycles. The molecule has 0 rings (SSSR count). The topological polar surface area (TPSA) is 69.6 Å². The molecule has 5 heteroatoms. The van der Waals surface area contributed by atoms with Gasteiger partial charge in [0.05, 0.1) is 0 Å². The monoisotopic (exact) mass is 272 g/mol. The lowest BCUT2D eigenvalue weighted by atomic mass is 10.1. The fourth-order valence-electron chi connectivity index (χ4n) is 1.93. The molecule has 0 aromatic heterocycles. The molecule has 19 heavy (non-hydrogen) atoms. The number of unbranched alkanes of at least 4 members (excludes halogenated alkanes) is 7. The average molecular weight is 272 g/mol. The maximum absolute atomic E-state index is 11.1. The van der Waals surface area contributed by atoms with Gasteiger partial charge < -0.3 is 10.4 Å². The van der Waals surface area contributed by atoms with Gasteiger partial charge in [-0.1, -0.05) is 51.9 Å². The molecule has 0 unspecified atom stereocenters. The van der Waals surface area contributed by atoms with Gasteiger partial charge in [-0.2, -0.15) is 0 Å². The third kappa shape index (κ3) is 10.4. The van der Waals surface area contributed by atoms with Gasteiger partial charge in [-0.05, 0) is 6.42 Å². The molecule has 0 aromatic carbocycles. The van der Waals surface area contributed by atoms with Gasteiger partial charge in [0.2, 0.25) is 5.91 Å². The number of carboxylic acid groups (broad SMARTS) is 1. The third-order valence-electron chi connectivity index (χ3n) is 3.17. The van der Waals surface area contributed by atoms with Crippen molar-refractivity contribution >= 4 is 12.0 Å². The molecule has 0 radical (unpaired) electrons. The predicted octanol–water partition coefficient (Wildman–Crippen LogP) is 2.85. The van der Waals surface area contributed by atoms with E-state index in [2.05, 4.69) is 12.2 Å². The summed E-state index contributed by atoms with van der Waals surface area (Å²) < 4.78 is 0. The number of likely N-dealkylation sites (N-methyl/N-ethyl adjacent to an activating group) is 1. The summed E-state index contributed by atoms with van der Waals surface area (Å²) in [5.41, 5.74) is 0. The van der Waals surface area contributed by atoms with Crippen molar-refractivity contribution in [1.82, 2.24) is 10.2 Å². The Morgan fingerprint density at radius 1 is 1.00 bits per heavy atom. The van der Waals surface area contributed by atoms with Crippen LogP contribution in [0.2, 0.25) is 0 Å². The van der Waals surface area contributed by atoms with Crippen molar-refractivity contribution in [2.45, 2.75) is 58.3 Å². The van der Waals surface area contributed by atoms with Crippen LogP contribution in [0.25, 0.3) is 0 Å². The van der Waals surface area contributed by atoms with Crippen LogP contribution in [-0.2, 0) is 4.79 Å². The molecule has 2 N–H and O–H groups in total. The zero-order chi connectivity index (χ0) is 14.5. The van der Waals surface area contributed by atoms with Gasteiger partial charge in [-0.15, -0.1) is 0 Å². The molecule has 0 fully saturated rings. The van der Waals surface area contributed by atoms with E-state index >= 15 is 0 Å². The highest BCUT2D eigenvalue weighted by molar-refractivity contribution is 5.81. The maximum atomic E-state index is 11.1. The SMILES string of the molecule is CCCCCCCCCCN(CC(=O)NC)C(=O)O. The summed E-state index contributed by atoms with van der Waals surface area (Å²) in [5, 5.41) is 11.4. The van der Waals surface area contributed by atoms with Crippen molar-refractivity contribution in [3.05, 3.63) is 0 Å². The second-order valence-corrected chi connectivity index (χ2v) is 4.85. The van der Waals surface area contributed by atoms with Gasteiger partial charge in [0.25, 0.3) is 0 Å². The lowest BCUT2D eigenvalue weighted by Gasteiger charge is -2.17. The van der Waals surface area contributed by atoms with Crippen molar-refractivity contribution < 1.29 is 14.7 Å².